The Hall–Kier alpha value is -1.51. The lowest BCUT2D eigenvalue weighted by Gasteiger charge is -2.08. The van der Waals surface area contributed by atoms with E-state index in [9.17, 15) is 9.90 Å². The predicted octanol–water partition coefficient (Wildman–Crippen LogP) is 2.79. The monoisotopic (exact) mass is 249 g/mol. The molecule has 0 heterocycles. The van der Waals surface area contributed by atoms with Gasteiger partial charge >= 0.3 is 0 Å². The maximum atomic E-state index is 10.7. The highest BCUT2D eigenvalue weighted by molar-refractivity contribution is 5.86. The van der Waals surface area contributed by atoms with Gasteiger partial charge in [0, 0.05) is 5.56 Å². The maximum Gasteiger partial charge on any atom is 0.119 e. The Morgan fingerprint density at radius 2 is 1.89 bits per heavy atom. The number of unbranched alkanes of at least 4 members (excludes halogenated alkanes) is 5. The lowest BCUT2D eigenvalue weighted by atomic mass is 10.1. The van der Waals surface area contributed by atoms with E-state index in [0.29, 0.717) is 12.4 Å². The fourth-order valence-corrected chi connectivity index (χ4v) is 1.79. The van der Waals surface area contributed by atoms with Gasteiger partial charge in [0.15, 0.2) is 0 Å². The van der Waals surface area contributed by atoms with E-state index in [1.807, 2.05) is 0 Å². The molecule has 0 unspecified atom stereocenters. The quantitative estimate of drug-likeness (QED) is 0.632. The molecular formula is C15H21O3-. The van der Waals surface area contributed by atoms with Crippen molar-refractivity contribution in [2.45, 2.75) is 45.4 Å². The second-order valence-corrected chi connectivity index (χ2v) is 4.43. The number of benzene rings is 1. The van der Waals surface area contributed by atoms with Crippen molar-refractivity contribution in [2.75, 3.05) is 6.61 Å². The zero-order valence-electron chi connectivity index (χ0n) is 11.0. The molecule has 100 valence electrons. The van der Waals surface area contributed by atoms with Crippen LogP contribution in [0, 0.1) is 0 Å². The summed E-state index contributed by atoms with van der Waals surface area (Å²) in [5, 5.41) is 10.7. The first-order valence-corrected chi connectivity index (χ1v) is 6.68. The van der Waals surface area contributed by atoms with E-state index in [0.717, 1.165) is 6.42 Å². The van der Waals surface area contributed by atoms with Gasteiger partial charge < -0.3 is 14.6 Å². The molecule has 1 aromatic rings. The van der Waals surface area contributed by atoms with Gasteiger partial charge in [0.2, 0.25) is 0 Å². The van der Waals surface area contributed by atoms with Crippen LogP contribution in [0.25, 0.3) is 0 Å². The molecule has 0 spiro atoms. The molecule has 0 saturated carbocycles. The maximum absolute atomic E-state index is 10.7. The molecule has 0 aliphatic rings. The highest BCUT2D eigenvalue weighted by Crippen LogP contribution is 2.13. The van der Waals surface area contributed by atoms with Crippen LogP contribution in [0.4, 0.5) is 0 Å². The summed E-state index contributed by atoms with van der Waals surface area (Å²) in [5.41, 5.74) is 0.162. The number of carbonyl (C=O) groups excluding carboxylic acids is 1. The first kappa shape index (κ1) is 14.6. The van der Waals surface area contributed by atoms with E-state index in [4.69, 9.17) is 4.74 Å². The van der Waals surface area contributed by atoms with Crippen LogP contribution in [0.2, 0.25) is 0 Å². The van der Waals surface area contributed by atoms with E-state index in [-0.39, 0.29) is 5.56 Å². The van der Waals surface area contributed by atoms with Crippen molar-refractivity contribution in [3.63, 3.8) is 0 Å². The van der Waals surface area contributed by atoms with Gasteiger partial charge in [-0.15, -0.1) is 0 Å². The minimum atomic E-state index is -1.17. The molecule has 3 heteroatoms. The van der Waals surface area contributed by atoms with Crippen molar-refractivity contribution in [3.05, 3.63) is 29.8 Å². The van der Waals surface area contributed by atoms with Gasteiger partial charge in [-0.1, -0.05) is 51.2 Å². The van der Waals surface area contributed by atoms with Crippen LogP contribution < -0.4 is 9.84 Å². The molecule has 0 saturated heterocycles. The van der Waals surface area contributed by atoms with Gasteiger partial charge in [-0.3, -0.25) is 0 Å². The molecule has 0 aliphatic heterocycles. The summed E-state index contributed by atoms with van der Waals surface area (Å²) in [5.74, 6) is -0.565. The summed E-state index contributed by atoms with van der Waals surface area (Å²) in [6.45, 7) is 2.84. The standard InChI is InChI=1S/C15H22O3/c1-2-3-4-5-6-7-11-18-14-10-8-9-13(12-14)15(16)17/h8-10,12H,2-7,11H2,1H3,(H,16,17)/p-1. The van der Waals surface area contributed by atoms with Crippen LogP contribution in [0.5, 0.6) is 5.75 Å². The van der Waals surface area contributed by atoms with Crippen molar-refractivity contribution in [2.24, 2.45) is 0 Å². The molecule has 18 heavy (non-hydrogen) atoms. The summed E-state index contributed by atoms with van der Waals surface area (Å²) in [6, 6.07) is 6.45. The lowest BCUT2D eigenvalue weighted by molar-refractivity contribution is -0.255. The second-order valence-electron chi connectivity index (χ2n) is 4.43. The molecular weight excluding hydrogens is 228 g/mol. The Morgan fingerprint density at radius 3 is 2.61 bits per heavy atom. The van der Waals surface area contributed by atoms with E-state index >= 15 is 0 Å². The van der Waals surface area contributed by atoms with Gasteiger partial charge in [0.1, 0.15) is 5.75 Å². The van der Waals surface area contributed by atoms with E-state index < -0.39 is 5.97 Å². The van der Waals surface area contributed by atoms with Gasteiger partial charge in [-0.25, -0.2) is 0 Å². The molecule has 3 nitrogen and oxygen atoms in total. The van der Waals surface area contributed by atoms with Crippen molar-refractivity contribution in [3.8, 4) is 5.75 Å². The van der Waals surface area contributed by atoms with E-state index in [2.05, 4.69) is 6.92 Å². The highest BCUT2D eigenvalue weighted by atomic mass is 16.5. The first-order chi connectivity index (χ1) is 8.74. The Morgan fingerprint density at radius 1 is 1.17 bits per heavy atom. The Bertz CT molecular complexity index is 361. The average molecular weight is 249 g/mol. The normalized spacial score (nSPS) is 10.3. The summed E-state index contributed by atoms with van der Waals surface area (Å²) < 4.78 is 5.51. The zero-order chi connectivity index (χ0) is 13.2. The zero-order valence-corrected chi connectivity index (χ0v) is 11.0. The summed E-state index contributed by atoms with van der Waals surface area (Å²) in [7, 11) is 0. The average Bonchev–Trinajstić information content (AvgIpc) is 2.38. The van der Waals surface area contributed by atoms with Crippen LogP contribution in [0.1, 0.15) is 55.8 Å². The number of hydrogen-bond donors (Lipinski definition) is 0. The fourth-order valence-electron chi connectivity index (χ4n) is 1.79. The molecule has 0 amide bonds. The highest BCUT2D eigenvalue weighted by Gasteiger charge is 1.97. The molecule has 0 bridgehead atoms. The van der Waals surface area contributed by atoms with Gasteiger partial charge in [0.05, 0.1) is 12.6 Å². The van der Waals surface area contributed by atoms with Crippen LogP contribution >= 0.6 is 0 Å². The van der Waals surface area contributed by atoms with E-state index in [1.54, 1.807) is 12.1 Å². The summed E-state index contributed by atoms with van der Waals surface area (Å²) in [4.78, 5) is 10.7. The molecule has 0 N–H and O–H groups in total. The molecule has 1 aromatic carbocycles. The van der Waals surface area contributed by atoms with Crippen LogP contribution in [-0.2, 0) is 0 Å². The Balaban J connectivity index is 2.19. The topological polar surface area (TPSA) is 49.4 Å². The number of carboxylic acid groups (broad SMARTS) is 1. The number of aromatic carboxylic acids is 1. The van der Waals surface area contributed by atoms with Gasteiger partial charge in [-0.2, -0.15) is 0 Å². The Labute approximate surface area is 109 Å². The third-order valence-corrected chi connectivity index (χ3v) is 2.84. The predicted molar refractivity (Wildman–Crippen MR) is 69.6 cm³/mol. The van der Waals surface area contributed by atoms with Crippen LogP contribution in [-0.4, -0.2) is 12.6 Å². The molecule has 0 radical (unpaired) electrons. The molecule has 0 aliphatic carbocycles. The van der Waals surface area contributed by atoms with Crippen LogP contribution in [0.3, 0.4) is 0 Å². The third kappa shape index (κ3) is 5.71. The number of carboxylic acids is 1. The van der Waals surface area contributed by atoms with Crippen molar-refractivity contribution in [1.82, 2.24) is 0 Å². The van der Waals surface area contributed by atoms with Crippen molar-refractivity contribution in [1.29, 1.82) is 0 Å². The largest absolute Gasteiger partial charge is 0.545 e. The molecule has 0 aromatic heterocycles. The van der Waals surface area contributed by atoms with Gasteiger partial charge in [-0.05, 0) is 18.6 Å². The lowest BCUT2D eigenvalue weighted by Crippen LogP contribution is -2.22. The number of carbonyl (C=O) groups is 1. The SMILES string of the molecule is CCCCCCCCOc1cccc(C(=O)[O-])c1. The van der Waals surface area contributed by atoms with Crippen molar-refractivity contribution < 1.29 is 14.6 Å². The second kappa shape index (κ2) is 8.56. The first-order valence-electron chi connectivity index (χ1n) is 6.68. The third-order valence-electron chi connectivity index (χ3n) is 2.84. The molecule has 1 rings (SSSR count). The van der Waals surface area contributed by atoms with Crippen molar-refractivity contribution >= 4 is 5.97 Å². The molecule has 0 atom stereocenters. The summed E-state index contributed by atoms with van der Waals surface area (Å²) >= 11 is 0. The minimum Gasteiger partial charge on any atom is -0.545 e. The number of rotatable bonds is 9. The van der Waals surface area contributed by atoms with E-state index in [1.165, 1.54) is 44.2 Å². The molecule has 0 fully saturated rings. The fraction of sp³-hybridized carbons (Fsp3) is 0.533. The Kier molecular flexibility index (Phi) is 6.92. The summed E-state index contributed by atoms with van der Waals surface area (Å²) in [6.07, 6.45) is 7.27. The smallest absolute Gasteiger partial charge is 0.119 e. The number of hydrogen-bond acceptors (Lipinski definition) is 3. The minimum absolute atomic E-state index is 0.162. The number of ether oxygens (including phenoxy) is 1. The van der Waals surface area contributed by atoms with Gasteiger partial charge in [0.25, 0.3) is 0 Å². The van der Waals surface area contributed by atoms with Crippen LogP contribution in [0.15, 0.2) is 24.3 Å².